The molecule has 330 valence electrons. The summed E-state index contributed by atoms with van der Waals surface area (Å²) in [6.45, 7) is 0. The van der Waals surface area contributed by atoms with Crippen LogP contribution in [0.2, 0.25) is 0 Å². The molecule has 2 aromatic heterocycles. The van der Waals surface area contributed by atoms with Gasteiger partial charge in [0.2, 0.25) is 0 Å². The van der Waals surface area contributed by atoms with E-state index in [1.54, 1.807) is 48.5 Å². The largest absolute Gasteiger partial charge is 0.310 e. The summed E-state index contributed by atoms with van der Waals surface area (Å²) in [5.41, 5.74) is 12.5. The highest BCUT2D eigenvalue weighted by Gasteiger charge is 2.24. The van der Waals surface area contributed by atoms with E-state index in [9.17, 15) is 21.0 Å². The van der Waals surface area contributed by atoms with Crippen LogP contribution in [-0.4, -0.2) is 14.5 Å². The first kappa shape index (κ1) is 43.0. The van der Waals surface area contributed by atoms with Crippen LogP contribution in [0.1, 0.15) is 22.3 Å². The Hall–Kier alpha value is -10.6. The Labute approximate surface area is 410 Å². The quantitative estimate of drug-likeness (QED) is 0.132. The van der Waals surface area contributed by atoms with Gasteiger partial charge >= 0.3 is 0 Å². The Bertz CT molecular complexity index is 3630. The molecule has 9 nitrogen and oxygen atoms in total. The van der Waals surface area contributed by atoms with Crippen LogP contribution in [0.25, 0.3) is 61.4 Å². The molecule has 0 atom stereocenters. The van der Waals surface area contributed by atoms with E-state index in [1.165, 1.54) is 0 Å². The Balaban J connectivity index is 1.15. The van der Waals surface area contributed by atoms with Gasteiger partial charge < -0.3 is 14.4 Å². The zero-order valence-electron chi connectivity index (χ0n) is 37.9. The molecule has 0 fully saturated rings. The molecule has 0 amide bonds. The molecule has 0 aliphatic heterocycles. The number of nitriles is 4. The number of rotatable bonds is 10. The first-order chi connectivity index (χ1) is 35.0. The third-order valence-corrected chi connectivity index (χ3v) is 12.5. The van der Waals surface area contributed by atoms with Crippen molar-refractivity contribution in [2.24, 2.45) is 0 Å². The predicted octanol–water partition coefficient (Wildman–Crippen LogP) is 15.0. The van der Waals surface area contributed by atoms with E-state index in [-0.39, 0.29) is 11.1 Å². The van der Waals surface area contributed by atoms with Gasteiger partial charge in [-0.05, 0) is 140 Å². The minimum Gasteiger partial charge on any atom is -0.310 e. The summed E-state index contributed by atoms with van der Waals surface area (Å²) in [4.78, 5) is 14.4. The molecule has 11 aromatic rings. The van der Waals surface area contributed by atoms with Gasteiger partial charge in [0, 0.05) is 61.6 Å². The van der Waals surface area contributed by atoms with E-state index in [0.717, 1.165) is 61.5 Å². The molecule has 0 bridgehead atoms. The molecule has 11 rings (SSSR count). The number of para-hydroxylation sites is 4. The normalized spacial score (nSPS) is 10.8. The average Bonchev–Trinajstić information content (AvgIpc) is 3.76. The maximum Gasteiger partial charge on any atom is 0.160 e. The Morgan fingerprint density at radius 3 is 1.10 bits per heavy atom. The standard InChI is InChI=1S/C62H37N9/c63-38-42-21-25-44(26-22-42)57-37-58(68-62(67-57)45-27-23-43(39-64)24-28-45)46-33-47(40-65)61(48(34-46)41-66)71-59-31-29-53(69(49-13-5-1-6-14-49)50-15-7-2-8-16-50)35-55(59)56-36-54(30-32-60(56)71)70(51-17-9-3-10-18-51)52-19-11-4-12-20-52/h1-37H. The number of anilines is 6. The smallest absolute Gasteiger partial charge is 0.160 e. The van der Waals surface area contributed by atoms with Gasteiger partial charge in [0.1, 0.15) is 12.1 Å². The molecular weight excluding hydrogens is 871 g/mol. The van der Waals surface area contributed by atoms with Crippen molar-refractivity contribution in [1.29, 1.82) is 21.0 Å². The second-order valence-corrected chi connectivity index (χ2v) is 16.7. The monoisotopic (exact) mass is 907 g/mol. The Kier molecular flexibility index (Phi) is 11.3. The lowest BCUT2D eigenvalue weighted by molar-refractivity contribution is 1.15. The van der Waals surface area contributed by atoms with Crippen molar-refractivity contribution < 1.29 is 0 Å². The fourth-order valence-electron chi connectivity index (χ4n) is 9.20. The molecule has 0 radical (unpaired) electrons. The molecular formula is C62H37N9. The van der Waals surface area contributed by atoms with Crippen LogP contribution in [0.15, 0.2) is 224 Å². The Morgan fingerprint density at radius 1 is 0.338 bits per heavy atom. The number of fused-ring (bicyclic) bond motifs is 3. The molecule has 0 unspecified atom stereocenters. The van der Waals surface area contributed by atoms with Crippen molar-refractivity contribution in [2.75, 3.05) is 9.80 Å². The van der Waals surface area contributed by atoms with E-state index in [4.69, 9.17) is 9.97 Å². The van der Waals surface area contributed by atoms with E-state index < -0.39 is 0 Å². The maximum atomic E-state index is 11.2. The van der Waals surface area contributed by atoms with Crippen LogP contribution in [0, 0.1) is 45.3 Å². The fourth-order valence-corrected chi connectivity index (χ4v) is 9.20. The SMILES string of the molecule is N#Cc1ccc(-c2cc(-c3cc(C#N)c(-n4c5ccc(N(c6ccccc6)c6ccccc6)cc5c5cc(N(c6ccccc6)c6ccccc6)ccc54)c(C#N)c3)nc(-c3ccc(C#N)cc3)n2)cc1. The molecule has 0 saturated heterocycles. The van der Waals surface area contributed by atoms with Crippen molar-refractivity contribution in [3.63, 3.8) is 0 Å². The van der Waals surface area contributed by atoms with Gasteiger partial charge in [0.05, 0.1) is 62.5 Å². The third-order valence-electron chi connectivity index (χ3n) is 12.5. The van der Waals surface area contributed by atoms with E-state index in [0.29, 0.717) is 45.2 Å². The van der Waals surface area contributed by atoms with Gasteiger partial charge in [0.25, 0.3) is 0 Å². The molecule has 0 spiro atoms. The van der Waals surface area contributed by atoms with Crippen LogP contribution in [0.4, 0.5) is 34.1 Å². The van der Waals surface area contributed by atoms with E-state index in [1.807, 2.05) is 95.6 Å². The van der Waals surface area contributed by atoms with Crippen molar-refractivity contribution in [1.82, 2.24) is 14.5 Å². The second kappa shape index (κ2) is 18.6. The molecule has 2 heterocycles. The molecule has 0 N–H and O–H groups in total. The van der Waals surface area contributed by atoms with Gasteiger partial charge in [-0.2, -0.15) is 21.0 Å². The number of aromatic nitrogens is 3. The number of hydrogen-bond donors (Lipinski definition) is 0. The first-order valence-electron chi connectivity index (χ1n) is 22.8. The molecule has 0 aliphatic carbocycles. The molecule has 9 aromatic carbocycles. The van der Waals surface area contributed by atoms with Gasteiger partial charge in [-0.15, -0.1) is 0 Å². The molecule has 71 heavy (non-hydrogen) atoms. The van der Waals surface area contributed by atoms with Crippen molar-refractivity contribution in [3.8, 4) is 63.9 Å². The van der Waals surface area contributed by atoms with Gasteiger partial charge in [0.15, 0.2) is 5.82 Å². The molecule has 9 heteroatoms. The highest BCUT2D eigenvalue weighted by atomic mass is 15.1. The zero-order valence-corrected chi connectivity index (χ0v) is 37.9. The van der Waals surface area contributed by atoms with Gasteiger partial charge in [-0.25, -0.2) is 9.97 Å². The maximum absolute atomic E-state index is 11.2. The van der Waals surface area contributed by atoms with Crippen LogP contribution < -0.4 is 9.80 Å². The van der Waals surface area contributed by atoms with Crippen molar-refractivity contribution in [2.45, 2.75) is 0 Å². The average molecular weight is 908 g/mol. The van der Waals surface area contributed by atoms with E-state index >= 15 is 0 Å². The Morgan fingerprint density at radius 2 is 0.718 bits per heavy atom. The summed E-state index contributed by atoms with van der Waals surface area (Å²) in [6, 6.07) is 82.5. The van der Waals surface area contributed by atoms with Crippen LogP contribution in [0.5, 0.6) is 0 Å². The van der Waals surface area contributed by atoms with Crippen molar-refractivity contribution in [3.05, 3.63) is 247 Å². The minimum absolute atomic E-state index is 0.273. The summed E-state index contributed by atoms with van der Waals surface area (Å²) in [6.07, 6.45) is 0. The highest BCUT2D eigenvalue weighted by Crippen LogP contribution is 2.44. The summed E-state index contributed by atoms with van der Waals surface area (Å²) in [7, 11) is 0. The molecule has 0 aliphatic rings. The predicted molar refractivity (Wildman–Crippen MR) is 281 cm³/mol. The van der Waals surface area contributed by atoms with Crippen LogP contribution in [0.3, 0.4) is 0 Å². The summed E-state index contributed by atoms with van der Waals surface area (Å²) >= 11 is 0. The number of benzene rings is 9. The van der Waals surface area contributed by atoms with Gasteiger partial charge in [-0.3, -0.25) is 0 Å². The zero-order chi connectivity index (χ0) is 48.3. The lowest BCUT2D eigenvalue weighted by atomic mass is 9.99. The summed E-state index contributed by atoms with van der Waals surface area (Å²) in [5.74, 6) is 0.390. The van der Waals surface area contributed by atoms with Crippen molar-refractivity contribution >= 4 is 55.9 Å². The van der Waals surface area contributed by atoms with Crippen LogP contribution in [-0.2, 0) is 0 Å². The topological polar surface area (TPSA) is 132 Å². The number of nitrogens with zero attached hydrogens (tertiary/aromatic N) is 9. The third kappa shape index (κ3) is 8.11. The number of hydrogen-bond acceptors (Lipinski definition) is 8. The lowest BCUT2D eigenvalue weighted by Gasteiger charge is -2.26. The van der Waals surface area contributed by atoms with E-state index in [2.05, 4.69) is 119 Å². The van der Waals surface area contributed by atoms with Crippen LogP contribution >= 0.6 is 0 Å². The summed E-state index contributed by atoms with van der Waals surface area (Å²) in [5, 5.41) is 43.2. The highest BCUT2D eigenvalue weighted by molar-refractivity contribution is 6.12. The minimum atomic E-state index is 0.273. The molecule has 0 saturated carbocycles. The fraction of sp³-hybridized carbons (Fsp3) is 0. The van der Waals surface area contributed by atoms with Gasteiger partial charge in [-0.1, -0.05) is 84.9 Å². The lowest BCUT2D eigenvalue weighted by Crippen LogP contribution is -2.09. The second-order valence-electron chi connectivity index (χ2n) is 16.7. The summed E-state index contributed by atoms with van der Waals surface area (Å²) < 4.78 is 2.04. The first-order valence-corrected chi connectivity index (χ1v) is 22.8.